The highest BCUT2D eigenvalue weighted by molar-refractivity contribution is 6.30. The largest absolute Gasteiger partial charge is 0.378 e. The van der Waals surface area contributed by atoms with Crippen LogP contribution in [-0.2, 0) is 9.59 Å². The lowest BCUT2D eigenvalue weighted by molar-refractivity contribution is -0.117. The third-order valence-electron chi connectivity index (χ3n) is 11.0. The molecule has 2 aliphatic rings. The van der Waals surface area contributed by atoms with Crippen molar-refractivity contribution in [3.05, 3.63) is 168 Å². The number of carbonyl (C=O) groups excluding carboxylic acids is 2. The maximum Gasteiger partial charge on any atom is 0.258 e. The zero-order valence-corrected chi connectivity index (χ0v) is 35.4. The van der Waals surface area contributed by atoms with E-state index in [1.165, 1.54) is 0 Å². The van der Waals surface area contributed by atoms with Crippen LogP contribution in [0.1, 0.15) is 11.1 Å². The smallest absolute Gasteiger partial charge is 0.258 e. The van der Waals surface area contributed by atoms with Gasteiger partial charge in [-0.2, -0.15) is 0 Å². The van der Waals surface area contributed by atoms with Crippen LogP contribution in [-0.4, -0.2) is 68.2 Å². The van der Waals surface area contributed by atoms with Crippen molar-refractivity contribution in [2.45, 2.75) is 0 Å². The van der Waals surface area contributed by atoms with E-state index in [0.717, 1.165) is 68.0 Å². The van der Waals surface area contributed by atoms with Gasteiger partial charge in [0.2, 0.25) is 0 Å². The molecule has 10 heteroatoms. The minimum atomic E-state index is -0.311. The van der Waals surface area contributed by atoms with Gasteiger partial charge in [-0.15, -0.1) is 0 Å². The topological polar surface area (TPSA) is 77.6 Å². The minimum absolute atomic E-state index is 0.311. The van der Waals surface area contributed by atoms with Gasteiger partial charge < -0.3 is 40.0 Å². The van der Waals surface area contributed by atoms with Crippen molar-refractivity contribution in [1.29, 1.82) is 0 Å². The van der Waals surface area contributed by atoms with E-state index in [1.807, 2.05) is 105 Å². The van der Waals surface area contributed by atoms with Gasteiger partial charge in [0.1, 0.15) is 0 Å². The molecule has 6 aromatic rings. The molecule has 0 fully saturated rings. The second kappa shape index (κ2) is 16.1. The monoisotopic (exact) mass is 794 g/mol. The average Bonchev–Trinajstić information content (AvgIpc) is 3.79. The van der Waals surface area contributed by atoms with Crippen LogP contribution in [0.3, 0.4) is 0 Å². The Labute approximate surface area is 352 Å². The lowest BCUT2D eigenvalue weighted by Crippen LogP contribution is -2.21. The number of rotatable bonds is 12. The zero-order chi connectivity index (χ0) is 42.2. The van der Waals surface area contributed by atoms with Gasteiger partial charge in [-0.25, -0.2) is 0 Å². The molecule has 302 valence electrons. The molecule has 0 saturated carbocycles. The fraction of sp³-hybridized carbons (Fsp3) is 0.160. The van der Waals surface area contributed by atoms with E-state index < -0.39 is 0 Å². The molecule has 0 atom stereocenters. The summed E-state index contributed by atoms with van der Waals surface area (Å²) in [4.78, 5) is 40.2. The molecule has 2 amide bonds. The molecule has 0 unspecified atom stereocenters. The second-order valence-corrected chi connectivity index (χ2v) is 15.8. The van der Waals surface area contributed by atoms with Gasteiger partial charge in [-0.1, -0.05) is 24.3 Å². The number of nitrogens with one attached hydrogen (secondary N) is 2. The number of benzene rings is 6. The molecular weight excluding hydrogens is 745 g/mol. The van der Waals surface area contributed by atoms with E-state index in [0.29, 0.717) is 22.5 Å². The first-order valence-electron chi connectivity index (χ1n) is 19.9. The maximum absolute atomic E-state index is 13.7. The molecule has 2 aliphatic heterocycles. The predicted octanol–water partition coefficient (Wildman–Crippen LogP) is 9.27. The van der Waals surface area contributed by atoms with Crippen LogP contribution in [0.2, 0.25) is 0 Å². The summed E-state index contributed by atoms with van der Waals surface area (Å²) in [5.41, 5.74) is 13.5. The van der Waals surface area contributed by atoms with Crippen LogP contribution >= 0.6 is 0 Å². The van der Waals surface area contributed by atoms with E-state index in [2.05, 4.69) is 137 Å². The van der Waals surface area contributed by atoms with Crippen molar-refractivity contribution in [1.82, 2.24) is 10.6 Å². The van der Waals surface area contributed by atoms with Gasteiger partial charge in [0.15, 0.2) is 0 Å². The SMILES string of the molecule is CN(C)c1ccc(N(c2ccc(C3=C4C(=O)NC(c5ccc(N(c6ccc(N(C)C)cc6)c6ccc(N(C)C)cc6)cc5)=C4C(=O)N3)cc2)c2ccc(N(C)C)cc2)cc1. The Morgan fingerprint density at radius 1 is 0.283 bits per heavy atom. The van der Waals surface area contributed by atoms with Crippen LogP contribution in [0.25, 0.3) is 11.4 Å². The summed E-state index contributed by atoms with van der Waals surface area (Å²) < 4.78 is 0. The first-order chi connectivity index (χ1) is 28.9. The Morgan fingerprint density at radius 3 is 0.667 bits per heavy atom. The van der Waals surface area contributed by atoms with Crippen LogP contribution in [0, 0.1) is 0 Å². The fourth-order valence-electron chi connectivity index (χ4n) is 7.66. The summed E-state index contributed by atoms with van der Waals surface area (Å²) >= 11 is 0. The van der Waals surface area contributed by atoms with Crippen molar-refractivity contribution in [2.75, 3.05) is 85.8 Å². The highest BCUT2D eigenvalue weighted by Gasteiger charge is 2.41. The Kier molecular flexibility index (Phi) is 10.5. The first kappa shape index (κ1) is 39.4. The fourth-order valence-corrected chi connectivity index (χ4v) is 7.66. The van der Waals surface area contributed by atoms with Crippen molar-refractivity contribution >= 4 is 80.1 Å². The number of carbonyl (C=O) groups is 2. The van der Waals surface area contributed by atoms with Crippen molar-refractivity contribution in [3.8, 4) is 0 Å². The second-order valence-electron chi connectivity index (χ2n) is 15.8. The Bertz CT molecular complexity index is 2300. The molecule has 60 heavy (non-hydrogen) atoms. The standard InChI is InChI=1S/C50H50N8O2/c1-53(2)35-17-25-41(26-18-35)57(42-27-19-36(20-28-42)54(3)4)39-13-9-33(10-14-39)47-45-46(50(60)51-47)48(52-49(45)59)34-11-15-40(16-12-34)58(43-29-21-37(22-30-43)55(5)6)44-31-23-38(24-32-44)56(7)8/h9-32H,1-8H3,(H,51,60)(H,52,59). The Morgan fingerprint density at radius 2 is 0.467 bits per heavy atom. The third-order valence-corrected chi connectivity index (χ3v) is 11.0. The van der Waals surface area contributed by atoms with E-state index in [4.69, 9.17) is 0 Å². The number of hydrogen-bond donors (Lipinski definition) is 2. The highest BCUT2D eigenvalue weighted by atomic mass is 16.2. The van der Waals surface area contributed by atoms with Crippen LogP contribution in [0.15, 0.2) is 157 Å². The lowest BCUT2D eigenvalue weighted by atomic mass is 10.0. The lowest BCUT2D eigenvalue weighted by Gasteiger charge is -2.27. The van der Waals surface area contributed by atoms with Gasteiger partial charge in [0, 0.05) is 113 Å². The molecule has 2 heterocycles. The predicted molar refractivity (Wildman–Crippen MR) is 250 cm³/mol. The molecule has 2 N–H and O–H groups in total. The van der Waals surface area contributed by atoms with E-state index in [-0.39, 0.29) is 11.8 Å². The number of nitrogens with zero attached hydrogens (tertiary/aromatic N) is 6. The van der Waals surface area contributed by atoms with Gasteiger partial charge >= 0.3 is 0 Å². The quantitative estimate of drug-likeness (QED) is 0.127. The zero-order valence-electron chi connectivity index (χ0n) is 35.4. The molecule has 0 radical (unpaired) electrons. The molecule has 8 rings (SSSR count). The number of amides is 2. The van der Waals surface area contributed by atoms with Gasteiger partial charge in [-0.3, -0.25) is 9.59 Å². The summed E-state index contributed by atoms with van der Waals surface area (Å²) in [6.07, 6.45) is 0. The van der Waals surface area contributed by atoms with Crippen molar-refractivity contribution in [2.24, 2.45) is 0 Å². The van der Waals surface area contributed by atoms with Gasteiger partial charge in [0.05, 0.1) is 22.5 Å². The van der Waals surface area contributed by atoms with Crippen LogP contribution in [0.4, 0.5) is 56.9 Å². The molecule has 0 aromatic heterocycles. The Balaban J connectivity index is 1.12. The summed E-state index contributed by atoms with van der Waals surface area (Å²) in [5.74, 6) is -0.623. The average molecular weight is 795 g/mol. The Hall–Kier alpha value is -7.46. The molecule has 10 nitrogen and oxygen atoms in total. The third kappa shape index (κ3) is 7.51. The number of anilines is 10. The summed E-state index contributed by atoms with van der Waals surface area (Å²) in [5, 5.41) is 6.06. The molecule has 0 bridgehead atoms. The number of hydrogen-bond acceptors (Lipinski definition) is 8. The minimum Gasteiger partial charge on any atom is -0.378 e. The van der Waals surface area contributed by atoms with E-state index in [1.54, 1.807) is 0 Å². The van der Waals surface area contributed by atoms with E-state index in [9.17, 15) is 9.59 Å². The van der Waals surface area contributed by atoms with E-state index >= 15 is 0 Å². The molecule has 0 saturated heterocycles. The van der Waals surface area contributed by atoms with Crippen LogP contribution < -0.4 is 40.0 Å². The summed E-state index contributed by atoms with van der Waals surface area (Å²) in [6.45, 7) is 0. The van der Waals surface area contributed by atoms with Gasteiger partial charge in [-0.05, 0) is 132 Å². The number of fused-ring (bicyclic) bond motifs is 1. The highest BCUT2D eigenvalue weighted by Crippen LogP contribution is 2.42. The summed E-state index contributed by atoms with van der Waals surface area (Å²) in [7, 11) is 16.2. The molecule has 0 aliphatic carbocycles. The van der Waals surface area contributed by atoms with Crippen molar-refractivity contribution in [3.63, 3.8) is 0 Å². The van der Waals surface area contributed by atoms with Crippen LogP contribution in [0.5, 0.6) is 0 Å². The summed E-state index contributed by atoms with van der Waals surface area (Å²) in [6, 6.07) is 49.7. The molecular formula is C50H50N8O2. The molecule has 0 spiro atoms. The first-order valence-corrected chi connectivity index (χ1v) is 19.9. The van der Waals surface area contributed by atoms with Crippen molar-refractivity contribution < 1.29 is 9.59 Å². The normalized spacial score (nSPS) is 13.2. The van der Waals surface area contributed by atoms with Gasteiger partial charge in [0.25, 0.3) is 11.8 Å². The molecule has 6 aromatic carbocycles. The maximum atomic E-state index is 13.7.